The summed E-state index contributed by atoms with van der Waals surface area (Å²) in [6.07, 6.45) is 2.78. The van der Waals surface area contributed by atoms with Crippen LogP contribution in [0.15, 0.2) is 63.5 Å². The third kappa shape index (κ3) is 5.21. The van der Waals surface area contributed by atoms with Gasteiger partial charge in [-0.3, -0.25) is 19.5 Å². The fourth-order valence-corrected chi connectivity index (χ4v) is 5.41. The zero-order valence-corrected chi connectivity index (χ0v) is 22.0. The standard InChI is InChI=1S/C26H24ClN3O6S/c1-4-7-19-22(25(32)36-5-2)23(18-14-16(27)10-11-20(18)35-3)29-24(31)21(37-26(29)28-19)13-15-8-6-9-17(12-15)30(33)34/h6,8-14,23H,4-5,7H2,1-3H3/b21-13+/t23-/m0/s1. The number of esters is 1. The van der Waals surface area contributed by atoms with Crippen LogP contribution < -0.4 is 19.6 Å². The molecule has 37 heavy (non-hydrogen) atoms. The summed E-state index contributed by atoms with van der Waals surface area (Å²) in [5.41, 5.74) is 1.30. The molecule has 0 amide bonds. The Labute approximate surface area is 221 Å². The van der Waals surface area contributed by atoms with E-state index in [-0.39, 0.29) is 17.9 Å². The van der Waals surface area contributed by atoms with Crippen molar-refractivity contribution >= 4 is 40.7 Å². The minimum absolute atomic E-state index is 0.0853. The van der Waals surface area contributed by atoms with Crippen molar-refractivity contribution in [3.8, 4) is 5.75 Å². The van der Waals surface area contributed by atoms with Crippen LogP contribution in [-0.2, 0) is 9.53 Å². The highest BCUT2D eigenvalue weighted by atomic mass is 35.5. The van der Waals surface area contributed by atoms with E-state index >= 15 is 0 Å². The van der Waals surface area contributed by atoms with E-state index in [2.05, 4.69) is 0 Å². The predicted molar refractivity (Wildman–Crippen MR) is 141 cm³/mol. The van der Waals surface area contributed by atoms with Crippen molar-refractivity contribution in [2.75, 3.05) is 13.7 Å². The lowest BCUT2D eigenvalue weighted by atomic mass is 9.93. The van der Waals surface area contributed by atoms with Crippen LogP contribution in [0.1, 0.15) is 43.9 Å². The maximum Gasteiger partial charge on any atom is 0.338 e. The second-order valence-corrected chi connectivity index (χ2v) is 9.60. The maximum atomic E-state index is 13.8. The predicted octanol–water partition coefficient (Wildman–Crippen LogP) is 4.15. The first-order valence-electron chi connectivity index (χ1n) is 11.6. The number of hydrogen-bond acceptors (Lipinski definition) is 8. The first kappa shape index (κ1) is 26.3. The van der Waals surface area contributed by atoms with Gasteiger partial charge in [0.15, 0.2) is 4.80 Å². The summed E-state index contributed by atoms with van der Waals surface area (Å²) in [4.78, 5) is 42.9. The first-order chi connectivity index (χ1) is 17.8. The molecular weight excluding hydrogens is 518 g/mol. The van der Waals surface area contributed by atoms with Crippen LogP contribution >= 0.6 is 22.9 Å². The van der Waals surface area contributed by atoms with Crippen LogP contribution in [0.2, 0.25) is 5.02 Å². The van der Waals surface area contributed by atoms with Gasteiger partial charge >= 0.3 is 5.97 Å². The molecule has 0 N–H and O–H groups in total. The van der Waals surface area contributed by atoms with Gasteiger partial charge in [-0.25, -0.2) is 9.79 Å². The molecule has 9 nitrogen and oxygen atoms in total. The highest BCUT2D eigenvalue weighted by molar-refractivity contribution is 7.07. The normalized spacial score (nSPS) is 15.2. The van der Waals surface area contributed by atoms with Crippen LogP contribution in [0.3, 0.4) is 0 Å². The summed E-state index contributed by atoms with van der Waals surface area (Å²) in [6.45, 7) is 3.83. The number of nitrogens with zero attached hydrogens (tertiary/aromatic N) is 3. The summed E-state index contributed by atoms with van der Waals surface area (Å²) in [6, 6.07) is 10.1. The summed E-state index contributed by atoms with van der Waals surface area (Å²) in [5, 5.41) is 11.6. The van der Waals surface area contributed by atoms with E-state index in [4.69, 9.17) is 26.1 Å². The van der Waals surface area contributed by atoms with E-state index < -0.39 is 22.5 Å². The van der Waals surface area contributed by atoms with E-state index in [0.29, 0.717) is 49.8 Å². The van der Waals surface area contributed by atoms with Gasteiger partial charge in [-0.15, -0.1) is 0 Å². The molecule has 0 spiro atoms. The minimum Gasteiger partial charge on any atom is -0.496 e. The Morgan fingerprint density at radius 3 is 2.73 bits per heavy atom. The lowest BCUT2D eigenvalue weighted by Gasteiger charge is -2.27. The van der Waals surface area contributed by atoms with Gasteiger partial charge in [0.05, 0.1) is 34.4 Å². The number of carbonyl (C=O) groups is 1. The summed E-state index contributed by atoms with van der Waals surface area (Å²) in [5.74, 6) is -0.128. The molecule has 1 aliphatic heterocycles. The summed E-state index contributed by atoms with van der Waals surface area (Å²) >= 11 is 7.48. The zero-order valence-electron chi connectivity index (χ0n) is 20.4. The van der Waals surface area contributed by atoms with Crippen molar-refractivity contribution in [1.82, 2.24) is 4.57 Å². The first-order valence-corrected chi connectivity index (χ1v) is 12.8. The quantitative estimate of drug-likeness (QED) is 0.240. The van der Waals surface area contributed by atoms with Crippen molar-refractivity contribution in [1.29, 1.82) is 0 Å². The number of nitro groups is 1. The molecule has 0 saturated carbocycles. The number of benzene rings is 2. The number of ether oxygens (including phenoxy) is 2. The Kier molecular flexibility index (Phi) is 7.89. The summed E-state index contributed by atoms with van der Waals surface area (Å²) < 4.78 is 12.7. The van der Waals surface area contributed by atoms with Crippen LogP contribution in [0.5, 0.6) is 5.75 Å². The molecule has 1 atom stereocenters. The van der Waals surface area contributed by atoms with Crippen LogP contribution in [0, 0.1) is 10.1 Å². The van der Waals surface area contributed by atoms with Gasteiger partial charge in [0.25, 0.3) is 11.2 Å². The molecule has 3 aromatic rings. The third-order valence-electron chi connectivity index (χ3n) is 5.76. The molecule has 192 valence electrons. The second-order valence-electron chi connectivity index (χ2n) is 8.15. The molecule has 0 unspecified atom stereocenters. The van der Waals surface area contributed by atoms with Gasteiger partial charge in [0.1, 0.15) is 11.8 Å². The molecule has 4 rings (SSSR count). The largest absolute Gasteiger partial charge is 0.496 e. The number of aromatic nitrogens is 1. The molecule has 0 aliphatic carbocycles. The molecule has 0 bridgehead atoms. The van der Waals surface area contributed by atoms with E-state index in [0.717, 1.165) is 11.3 Å². The molecular formula is C26H24ClN3O6S. The number of rotatable bonds is 8. The number of thiazole rings is 1. The molecule has 1 aliphatic rings. The lowest BCUT2D eigenvalue weighted by Crippen LogP contribution is -2.40. The second kappa shape index (κ2) is 11.1. The lowest BCUT2D eigenvalue weighted by molar-refractivity contribution is -0.384. The smallest absolute Gasteiger partial charge is 0.338 e. The number of halogens is 1. The van der Waals surface area contributed by atoms with E-state index in [1.807, 2.05) is 6.92 Å². The van der Waals surface area contributed by atoms with Gasteiger partial charge in [-0.1, -0.05) is 48.4 Å². The number of carbonyl (C=O) groups excluding carboxylic acids is 1. The van der Waals surface area contributed by atoms with Crippen LogP contribution in [-0.4, -0.2) is 29.2 Å². The molecule has 0 saturated heterocycles. The molecule has 2 heterocycles. The molecule has 0 radical (unpaired) electrons. The van der Waals surface area contributed by atoms with Gasteiger partial charge in [-0.2, -0.15) is 0 Å². The average Bonchev–Trinajstić information content (AvgIpc) is 3.18. The number of hydrogen-bond donors (Lipinski definition) is 0. The monoisotopic (exact) mass is 541 g/mol. The number of methoxy groups -OCH3 is 1. The SMILES string of the molecule is CCCC1=C(C(=O)OCC)[C@H](c2cc(Cl)ccc2OC)n2c(s/c(=C/c3cccc([N+](=O)[O-])c3)c2=O)=N1. The van der Waals surface area contributed by atoms with Crippen molar-refractivity contribution in [3.63, 3.8) is 0 Å². The fraction of sp³-hybridized carbons (Fsp3) is 0.269. The molecule has 0 fully saturated rings. The number of fused-ring (bicyclic) bond motifs is 1. The number of non-ortho nitro benzene ring substituents is 1. The van der Waals surface area contributed by atoms with Gasteiger partial charge in [0.2, 0.25) is 0 Å². The van der Waals surface area contributed by atoms with Crippen molar-refractivity contribution in [3.05, 3.63) is 99.7 Å². The van der Waals surface area contributed by atoms with Gasteiger partial charge in [0, 0.05) is 22.7 Å². The number of nitro benzene ring substituents is 1. The Morgan fingerprint density at radius 2 is 2.05 bits per heavy atom. The van der Waals surface area contributed by atoms with Crippen molar-refractivity contribution in [2.24, 2.45) is 4.99 Å². The highest BCUT2D eigenvalue weighted by Crippen LogP contribution is 2.38. The fourth-order valence-electron chi connectivity index (χ4n) is 4.21. The van der Waals surface area contributed by atoms with E-state index in [9.17, 15) is 19.7 Å². The Morgan fingerprint density at radius 1 is 1.27 bits per heavy atom. The van der Waals surface area contributed by atoms with Gasteiger partial charge in [-0.05, 0) is 43.2 Å². The minimum atomic E-state index is -0.891. The number of allylic oxidation sites excluding steroid dienone is 1. The Hall–Kier alpha value is -3.76. The van der Waals surface area contributed by atoms with Crippen LogP contribution in [0.25, 0.3) is 6.08 Å². The van der Waals surface area contributed by atoms with Gasteiger partial charge < -0.3 is 9.47 Å². The van der Waals surface area contributed by atoms with Crippen LogP contribution in [0.4, 0.5) is 5.69 Å². The van der Waals surface area contributed by atoms with E-state index in [1.54, 1.807) is 43.3 Å². The molecule has 1 aromatic heterocycles. The topological polar surface area (TPSA) is 113 Å². The Bertz CT molecular complexity index is 1590. The molecule has 2 aromatic carbocycles. The highest BCUT2D eigenvalue weighted by Gasteiger charge is 2.36. The third-order valence-corrected chi connectivity index (χ3v) is 6.98. The zero-order chi connectivity index (χ0) is 26.7. The molecule has 11 heteroatoms. The Balaban J connectivity index is 2.04. The average molecular weight is 542 g/mol. The van der Waals surface area contributed by atoms with Crippen molar-refractivity contribution in [2.45, 2.75) is 32.7 Å². The van der Waals surface area contributed by atoms with Crippen molar-refractivity contribution < 1.29 is 19.2 Å². The summed E-state index contributed by atoms with van der Waals surface area (Å²) in [7, 11) is 1.50. The maximum absolute atomic E-state index is 13.8. The van der Waals surface area contributed by atoms with E-state index in [1.165, 1.54) is 23.8 Å².